The number of nitrogens with one attached hydrogen (secondary N) is 1. The smallest absolute Gasteiger partial charge is 0.0849 e. The van der Waals surface area contributed by atoms with Gasteiger partial charge in [0.15, 0.2) is 0 Å². The first-order valence-corrected chi connectivity index (χ1v) is 7.00. The molecule has 1 aliphatic rings. The van der Waals surface area contributed by atoms with Crippen LogP contribution in [0.25, 0.3) is 0 Å². The van der Waals surface area contributed by atoms with Crippen molar-refractivity contribution in [3.05, 3.63) is 16.4 Å². The second kappa shape index (κ2) is 6.04. The quantitative estimate of drug-likeness (QED) is 0.908. The van der Waals surface area contributed by atoms with Gasteiger partial charge in [-0.3, -0.25) is 4.68 Å². The lowest BCUT2D eigenvalue weighted by molar-refractivity contribution is 0.0336. The SMILES string of the molecule is CCc1nn(C)c(CC2COCCC2NC)c1Cl. The van der Waals surface area contributed by atoms with Gasteiger partial charge in [-0.15, -0.1) is 0 Å². The van der Waals surface area contributed by atoms with Crippen LogP contribution < -0.4 is 5.32 Å². The highest BCUT2D eigenvalue weighted by Crippen LogP contribution is 2.26. The molecule has 1 saturated heterocycles. The Bertz CT molecular complexity index is 405. The molecule has 1 N–H and O–H groups in total. The van der Waals surface area contributed by atoms with E-state index in [1.54, 1.807) is 0 Å². The van der Waals surface area contributed by atoms with E-state index in [9.17, 15) is 0 Å². The molecule has 2 rings (SSSR count). The average Bonchev–Trinajstić information content (AvgIpc) is 2.66. The van der Waals surface area contributed by atoms with E-state index >= 15 is 0 Å². The van der Waals surface area contributed by atoms with Crippen molar-refractivity contribution in [3.8, 4) is 0 Å². The fourth-order valence-electron chi connectivity index (χ4n) is 2.67. The molecule has 4 nitrogen and oxygen atoms in total. The lowest BCUT2D eigenvalue weighted by Crippen LogP contribution is -2.42. The van der Waals surface area contributed by atoms with Crippen LogP contribution in [0.1, 0.15) is 24.7 Å². The van der Waals surface area contributed by atoms with Crippen molar-refractivity contribution >= 4 is 11.6 Å². The van der Waals surface area contributed by atoms with E-state index in [1.165, 1.54) is 0 Å². The minimum atomic E-state index is 0.473. The van der Waals surface area contributed by atoms with Crippen LogP contribution in [0.15, 0.2) is 0 Å². The van der Waals surface area contributed by atoms with Crippen LogP contribution >= 0.6 is 11.6 Å². The van der Waals surface area contributed by atoms with Gasteiger partial charge in [-0.25, -0.2) is 0 Å². The van der Waals surface area contributed by atoms with Crippen molar-refractivity contribution in [2.75, 3.05) is 20.3 Å². The number of nitrogens with zero attached hydrogens (tertiary/aromatic N) is 2. The fourth-order valence-corrected chi connectivity index (χ4v) is 3.04. The highest BCUT2D eigenvalue weighted by Gasteiger charge is 2.27. The van der Waals surface area contributed by atoms with Crippen LogP contribution in [-0.4, -0.2) is 36.1 Å². The highest BCUT2D eigenvalue weighted by atomic mass is 35.5. The van der Waals surface area contributed by atoms with E-state index in [0.29, 0.717) is 12.0 Å². The number of aromatic nitrogens is 2. The summed E-state index contributed by atoms with van der Waals surface area (Å²) in [6.45, 7) is 3.73. The van der Waals surface area contributed by atoms with Gasteiger partial charge in [-0.1, -0.05) is 18.5 Å². The molecule has 2 atom stereocenters. The van der Waals surface area contributed by atoms with Crippen LogP contribution in [0.3, 0.4) is 0 Å². The average molecular weight is 272 g/mol. The number of halogens is 1. The maximum absolute atomic E-state index is 6.40. The van der Waals surface area contributed by atoms with Gasteiger partial charge >= 0.3 is 0 Å². The number of ether oxygens (including phenoxy) is 1. The van der Waals surface area contributed by atoms with Crippen LogP contribution in [0.2, 0.25) is 5.02 Å². The van der Waals surface area contributed by atoms with Crippen molar-refractivity contribution in [3.63, 3.8) is 0 Å². The molecule has 5 heteroatoms. The molecule has 0 amide bonds. The molecule has 1 aromatic rings. The van der Waals surface area contributed by atoms with Gasteiger partial charge in [-0.05, 0) is 26.3 Å². The van der Waals surface area contributed by atoms with Crippen LogP contribution in [-0.2, 0) is 24.6 Å². The van der Waals surface area contributed by atoms with Gasteiger partial charge in [0.05, 0.1) is 23.0 Å². The van der Waals surface area contributed by atoms with Gasteiger partial charge in [0.25, 0.3) is 0 Å². The maximum Gasteiger partial charge on any atom is 0.0849 e. The van der Waals surface area contributed by atoms with Crippen LogP contribution in [0.4, 0.5) is 0 Å². The monoisotopic (exact) mass is 271 g/mol. The van der Waals surface area contributed by atoms with Gasteiger partial charge in [0.1, 0.15) is 0 Å². The Balaban J connectivity index is 2.15. The number of hydrogen-bond acceptors (Lipinski definition) is 3. The molecule has 18 heavy (non-hydrogen) atoms. The lowest BCUT2D eigenvalue weighted by Gasteiger charge is -2.31. The Morgan fingerprint density at radius 2 is 2.33 bits per heavy atom. The fraction of sp³-hybridized carbons (Fsp3) is 0.769. The predicted molar refractivity (Wildman–Crippen MR) is 73.1 cm³/mol. The minimum Gasteiger partial charge on any atom is -0.381 e. The molecule has 1 aliphatic heterocycles. The largest absolute Gasteiger partial charge is 0.381 e. The maximum atomic E-state index is 6.40. The molecule has 0 bridgehead atoms. The first kappa shape index (κ1) is 13.8. The summed E-state index contributed by atoms with van der Waals surface area (Å²) in [6.07, 6.45) is 2.87. The molecule has 2 heterocycles. The molecule has 0 aliphatic carbocycles. The molecular weight excluding hydrogens is 250 g/mol. The summed E-state index contributed by atoms with van der Waals surface area (Å²) in [5, 5.41) is 8.68. The summed E-state index contributed by atoms with van der Waals surface area (Å²) in [4.78, 5) is 0. The third-order valence-electron chi connectivity index (χ3n) is 3.80. The summed E-state index contributed by atoms with van der Waals surface area (Å²) in [5.74, 6) is 0.473. The zero-order valence-electron chi connectivity index (χ0n) is 11.4. The zero-order valence-corrected chi connectivity index (χ0v) is 12.1. The van der Waals surface area contributed by atoms with Crippen LogP contribution in [0.5, 0.6) is 0 Å². The molecule has 0 saturated carbocycles. The Morgan fingerprint density at radius 1 is 1.56 bits per heavy atom. The van der Waals surface area contributed by atoms with Crippen molar-refractivity contribution in [2.24, 2.45) is 13.0 Å². The topological polar surface area (TPSA) is 39.1 Å². The summed E-state index contributed by atoms with van der Waals surface area (Å²) < 4.78 is 7.51. The molecular formula is C13H22ClN3O. The normalized spacial score (nSPS) is 24.4. The molecule has 102 valence electrons. The van der Waals surface area contributed by atoms with E-state index < -0.39 is 0 Å². The molecule has 0 radical (unpaired) electrons. The minimum absolute atomic E-state index is 0.473. The molecule has 1 aromatic heterocycles. The summed E-state index contributed by atoms with van der Waals surface area (Å²) in [6, 6.07) is 0.509. The second-order valence-electron chi connectivity index (χ2n) is 4.91. The van der Waals surface area contributed by atoms with Gasteiger partial charge in [0.2, 0.25) is 0 Å². The van der Waals surface area contributed by atoms with Gasteiger partial charge in [0, 0.05) is 25.6 Å². The Labute approximate surface area is 114 Å². The van der Waals surface area contributed by atoms with E-state index in [4.69, 9.17) is 16.3 Å². The summed E-state index contributed by atoms with van der Waals surface area (Å²) >= 11 is 6.40. The van der Waals surface area contributed by atoms with Gasteiger partial charge in [-0.2, -0.15) is 5.10 Å². The van der Waals surface area contributed by atoms with E-state index in [2.05, 4.69) is 17.3 Å². The van der Waals surface area contributed by atoms with Crippen molar-refractivity contribution in [1.29, 1.82) is 0 Å². The summed E-state index contributed by atoms with van der Waals surface area (Å²) in [7, 11) is 3.99. The standard InChI is InChI=1S/C13H22ClN3O/c1-4-10-13(14)12(17(3)16-10)7-9-8-18-6-5-11(9)15-2/h9,11,15H,4-8H2,1-3H3. The van der Waals surface area contributed by atoms with Crippen molar-refractivity contribution in [1.82, 2.24) is 15.1 Å². The van der Waals surface area contributed by atoms with E-state index in [1.807, 2.05) is 18.8 Å². The van der Waals surface area contributed by atoms with Gasteiger partial charge < -0.3 is 10.1 Å². The lowest BCUT2D eigenvalue weighted by atomic mass is 9.91. The Hall–Kier alpha value is -0.580. The summed E-state index contributed by atoms with van der Waals surface area (Å²) in [5.41, 5.74) is 2.12. The number of aryl methyl sites for hydroxylation is 2. The Morgan fingerprint density at radius 3 is 2.94 bits per heavy atom. The Kier molecular flexibility index (Phi) is 4.65. The third-order valence-corrected chi connectivity index (χ3v) is 4.24. The predicted octanol–water partition coefficient (Wildman–Crippen LogP) is 1.80. The van der Waals surface area contributed by atoms with Crippen molar-refractivity contribution < 1.29 is 4.74 Å². The zero-order chi connectivity index (χ0) is 13.1. The highest BCUT2D eigenvalue weighted by molar-refractivity contribution is 6.31. The number of rotatable bonds is 4. The first-order valence-electron chi connectivity index (χ1n) is 6.62. The van der Waals surface area contributed by atoms with Crippen LogP contribution in [0, 0.1) is 5.92 Å². The molecule has 1 fully saturated rings. The van der Waals surface area contributed by atoms with E-state index in [-0.39, 0.29) is 0 Å². The second-order valence-corrected chi connectivity index (χ2v) is 5.29. The first-order chi connectivity index (χ1) is 8.67. The molecule has 0 aromatic carbocycles. The molecule has 2 unspecified atom stereocenters. The van der Waals surface area contributed by atoms with E-state index in [0.717, 1.165) is 48.9 Å². The van der Waals surface area contributed by atoms with Crippen molar-refractivity contribution in [2.45, 2.75) is 32.2 Å². The molecule has 0 spiro atoms. The third kappa shape index (κ3) is 2.71. The number of hydrogen-bond donors (Lipinski definition) is 1.